The molecule has 32 heavy (non-hydrogen) atoms. The van der Waals surface area contributed by atoms with Crippen molar-refractivity contribution in [3.05, 3.63) is 22.5 Å². The number of Topliss-reactive ketones (excluding diaryl/α,β-unsaturated/α-hetero) is 3. The zero-order valence-corrected chi connectivity index (χ0v) is 19.2. The van der Waals surface area contributed by atoms with Crippen molar-refractivity contribution in [1.29, 1.82) is 0 Å². The number of ketones is 3. The van der Waals surface area contributed by atoms with Gasteiger partial charge in [0.25, 0.3) is 0 Å². The highest BCUT2D eigenvalue weighted by atomic mass is 16.6. The Morgan fingerprint density at radius 2 is 1.53 bits per heavy atom. The van der Waals surface area contributed by atoms with E-state index in [1.165, 1.54) is 20.8 Å². The highest BCUT2D eigenvalue weighted by Gasteiger charge is 2.75. The van der Waals surface area contributed by atoms with E-state index in [-0.39, 0.29) is 23.5 Å². The lowest BCUT2D eigenvalue weighted by Gasteiger charge is -2.50. The molecule has 0 heterocycles. The van der Waals surface area contributed by atoms with Crippen molar-refractivity contribution in [2.75, 3.05) is 0 Å². The second kappa shape index (κ2) is 6.62. The quantitative estimate of drug-likeness (QED) is 0.645. The summed E-state index contributed by atoms with van der Waals surface area (Å²) in [6.07, 6.45) is -1.18. The van der Waals surface area contributed by atoms with Gasteiger partial charge in [-0.25, -0.2) is 0 Å². The normalized spacial score (nSPS) is 37.8. The van der Waals surface area contributed by atoms with Crippen molar-refractivity contribution < 1.29 is 38.6 Å². The van der Waals surface area contributed by atoms with Gasteiger partial charge in [-0.2, -0.15) is 0 Å². The Kier molecular flexibility index (Phi) is 4.64. The summed E-state index contributed by atoms with van der Waals surface area (Å²) >= 11 is 0. The van der Waals surface area contributed by atoms with Crippen LogP contribution in [0.25, 0.3) is 0 Å². The van der Waals surface area contributed by atoms with Crippen molar-refractivity contribution in [3.8, 4) is 0 Å². The van der Waals surface area contributed by atoms with E-state index in [1.807, 2.05) is 0 Å². The Morgan fingerprint density at radius 3 is 2.03 bits per heavy atom. The van der Waals surface area contributed by atoms with E-state index < -0.39 is 63.5 Å². The third-order valence-electron chi connectivity index (χ3n) is 7.76. The molecule has 8 heteroatoms. The van der Waals surface area contributed by atoms with Crippen LogP contribution in [0.5, 0.6) is 0 Å². The number of carbonyl (C=O) groups excluding carboxylic acids is 5. The number of hydrogen-bond donors (Lipinski definition) is 1. The van der Waals surface area contributed by atoms with Gasteiger partial charge in [0.15, 0.2) is 23.4 Å². The van der Waals surface area contributed by atoms with Gasteiger partial charge in [0, 0.05) is 25.8 Å². The molecule has 2 fully saturated rings. The molecule has 0 aliphatic heterocycles. The first-order chi connectivity index (χ1) is 14.7. The number of allylic oxidation sites excluding steroid dienone is 2. The molecule has 0 bridgehead atoms. The first-order valence-electron chi connectivity index (χ1n) is 10.9. The largest absolute Gasteiger partial charge is 0.504 e. The number of aliphatic hydroxyl groups is 1. The second-order valence-electron chi connectivity index (χ2n) is 10.4. The first kappa shape index (κ1) is 22.4. The third kappa shape index (κ3) is 2.70. The van der Waals surface area contributed by atoms with Gasteiger partial charge in [0.05, 0.1) is 16.4 Å². The van der Waals surface area contributed by atoms with Crippen molar-refractivity contribution in [2.45, 2.75) is 73.0 Å². The van der Waals surface area contributed by atoms with Crippen LogP contribution in [0.2, 0.25) is 0 Å². The van der Waals surface area contributed by atoms with Crippen molar-refractivity contribution in [1.82, 2.24) is 0 Å². The minimum Gasteiger partial charge on any atom is -0.504 e. The SMILES string of the molecule is CC(=O)O[C@@H]1CC2=C(C(=O)C(O)=C3C(=O)[C@]4(CC4C)[C@@H](OC(C)=O)C(=O)[C@@]23C)C(C)(C)C1. The van der Waals surface area contributed by atoms with E-state index in [0.29, 0.717) is 18.4 Å². The topological polar surface area (TPSA) is 124 Å². The predicted octanol–water partition coefficient (Wildman–Crippen LogP) is 2.55. The lowest BCUT2D eigenvalue weighted by molar-refractivity contribution is -0.166. The monoisotopic (exact) mass is 444 g/mol. The first-order valence-corrected chi connectivity index (χ1v) is 10.9. The number of rotatable bonds is 2. The van der Waals surface area contributed by atoms with Crippen LogP contribution in [0.4, 0.5) is 0 Å². The number of fused-ring (bicyclic) bond motifs is 2. The molecule has 5 atom stereocenters. The van der Waals surface area contributed by atoms with Crippen LogP contribution in [0.1, 0.15) is 60.8 Å². The van der Waals surface area contributed by atoms with Crippen LogP contribution < -0.4 is 0 Å². The van der Waals surface area contributed by atoms with Crippen molar-refractivity contribution >= 4 is 29.3 Å². The highest BCUT2D eigenvalue weighted by Crippen LogP contribution is 2.66. The van der Waals surface area contributed by atoms with E-state index in [9.17, 15) is 29.1 Å². The molecule has 1 spiro atoms. The minimum atomic E-state index is -1.66. The zero-order chi connectivity index (χ0) is 24.0. The van der Waals surface area contributed by atoms with E-state index in [1.54, 1.807) is 20.8 Å². The lowest BCUT2D eigenvalue weighted by atomic mass is 9.52. The molecule has 4 aliphatic rings. The van der Waals surface area contributed by atoms with E-state index in [0.717, 1.165) is 0 Å². The average Bonchev–Trinajstić information content (AvgIpc) is 3.32. The summed E-state index contributed by atoms with van der Waals surface area (Å²) in [6.45, 7) is 9.30. The zero-order valence-electron chi connectivity index (χ0n) is 19.2. The Hall–Kier alpha value is -2.77. The summed E-state index contributed by atoms with van der Waals surface area (Å²) in [5.74, 6) is -3.85. The van der Waals surface area contributed by atoms with Crippen molar-refractivity contribution in [2.24, 2.45) is 22.2 Å². The number of hydrogen-bond acceptors (Lipinski definition) is 8. The molecule has 0 amide bonds. The number of carbonyl (C=O) groups is 5. The van der Waals surface area contributed by atoms with Crippen LogP contribution in [-0.2, 0) is 33.4 Å². The van der Waals surface area contributed by atoms with Crippen molar-refractivity contribution in [3.63, 3.8) is 0 Å². The van der Waals surface area contributed by atoms with E-state index in [2.05, 4.69) is 0 Å². The fourth-order valence-corrected chi connectivity index (χ4v) is 6.23. The van der Waals surface area contributed by atoms with E-state index in [4.69, 9.17) is 9.47 Å². The maximum Gasteiger partial charge on any atom is 0.303 e. The van der Waals surface area contributed by atoms with Gasteiger partial charge in [-0.3, -0.25) is 24.0 Å². The molecule has 0 aromatic carbocycles. The molecule has 2 saturated carbocycles. The predicted molar refractivity (Wildman–Crippen MR) is 110 cm³/mol. The van der Waals surface area contributed by atoms with Crippen LogP contribution >= 0.6 is 0 Å². The summed E-state index contributed by atoms with van der Waals surface area (Å²) in [5, 5.41) is 11.0. The molecular formula is C24H28O8. The summed E-state index contributed by atoms with van der Waals surface area (Å²) in [5.41, 5.74) is -3.35. The molecular weight excluding hydrogens is 416 g/mol. The molecule has 4 aliphatic carbocycles. The lowest BCUT2D eigenvalue weighted by Crippen LogP contribution is -2.59. The van der Waals surface area contributed by atoms with Crippen LogP contribution in [0.3, 0.4) is 0 Å². The van der Waals surface area contributed by atoms with Gasteiger partial charge in [-0.15, -0.1) is 0 Å². The molecule has 1 N–H and O–H groups in total. The Bertz CT molecular complexity index is 1060. The number of ether oxygens (including phenoxy) is 2. The van der Waals surface area contributed by atoms with Crippen LogP contribution in [0.15, 0.2) is 22.5 Å². The van der Waals surface area contributed by atoms with Crippen LogP contribution in [-0.4, -0.2) is 46.6 Å². The molecule has 1 unspecified atom stereocenters. The summed E-state index contributed by atoms with van der Waals surface area (Å²) < 4.78 is 10.9. The average molecular weight is 444 g/mol. The van der Waals surface area contributed by atoms with Gasteiger partial charge >= 0.3 is 11.9 Å². The maximum absolute atomic E-state index is 14.0. The van der Waals surface area contributed by atoms with Gasteiger partial charge in [0.1, 0.15) is 6.10 Å². The second-order valence-corrected chi connectivity index (χ2v) is 10.4. The van der Waals surface area contributed by atoms with E-state index >= 15 is 0 Å². The smallest absolute Gasteiger partial charge is 0.303 e. The van der Waals surface area contributed by atoms with Gasteiger partial charge in [-0.1, -0.05) is 20.8 Å². The Balaban J connectivity index is 1.95. The molecule has 4 rings (SSSR count). The summed E-state index contributed by atoms with van der Waals surface area (Å²) in [7, 11) is 0. The minimum absolute atomic E-state index is 0.0751. The highest BCUT2D eigenvalue weighted by molar-refractivity contribution is 6.25. The fourth-order valence-electron chi connectivity index (χ4n) is 6.23. The molecule has 0 aromatic rings. The fraction of sp³-hybridized carbons (Fsp3) is 0.625. The Morgan fingerprint density at radius 1 is 0.969 bits per heavy atom. The maximum atomic E-state index is 14.0. The molecule has 0 aromatic heterocycles. The number of aliphatic hydroxyl groups excluding tert-OH is 1. The molecule has 172 valence electrons. The van der Waals surface area contributed by atoms with Gasteiger partial charge in [0.2, 0.25) is 5.78 Å². The standard InChI is InChI=1S/C24H28O8/c1-10-8-24(10)19(29)16-18(28)17(27)15-14(7-13(31-11(2)25)9-22(15,4)5)23(16,6)20(30)21(24)32-12(3)26/h10,13,21,28H,7-9H2,1-6H3/t10?,13-,21+,23+,24-/m1/s1. The molecule has 0 saturated heterocycles. The molecule has 0 radical (unpaired) electrons. The summed E-state index contributed by atoms with van der Waals surface area (Å²) in [6, 6.07) is 0. The number of esters is 2. The van der Waals surface area contributed by atoms with Gasteiger partial charge < -0.3 is 14.6 Å². The third-order valence-corrected chi connectivity index (χ3v) is 7.76. The summed E-state index contributed by atoms with van der Waals surface area (Å²) in [4.78, 5) is 64.5. The van der Waals surface area contributed by atoms with Crippen LogP contribution in [0, 0.1) is 22.2 Å². The Labute approximate surface area is 186 Å². The molecule has 8 nitrogen and oxygen atoms in total. The van der Waals surface area contributed by atoms with Gasteiger partial charge in [-0.05, 0) is 36.7 Å².